The Kier molecular flexibility index (Phi) is 4.20. The molecule has 1 aliphatic rings. The van der Waals surface area contributed by atoms with Crippen LogP contribution >= 0.6 is 0 Å². The number of anilines is 1. The van der Waals surface area contributed by atoms with Crippen LogP contribution in [0.25, 0.3) is 6.08 Å². The summed E-state index contributed by atoms with van der Waals surface area (Å²) < 4.78 is 0. The monoisotopic (exact) mass is 260 g/mol. The molecule has 1 aromatic heterocycles. The lowest BCUT2D eigenvalue weighted by Gasteiger charge is -2.31. The lowest BCUT2D eigenvalue weighted by Crippen LogP contribution is -2.30. The molecule has 4 nitrogen and oxygen atoms in total. The van der Waals surface area contributed by atoms with E-state index in [0.29, 0.717) is 0 Å². The van der Waals surface area contributed by atoms with Crippen LogP contribution in [0, 0.1) is 12.8 Å². The van der Waals surface area contributed by atoms with Crippen molar-refractivity contribution in [3.8, 4) is 0 Å². The van der Waals surface area contributed by atoms with Gasteiger partial charge in [-0.2, -0.15) is 0 Å². The van der Waals surface area contributed by atoms with Crippen LogP contribution in [-0.4, -0.2) is 29.7 Å². The summed E-state index contributed by atoms with van der Waals surface area (Å²) in [6.07, 6.45) is 8.42. The van der Waals surface area contributed by atoms with Crippen LogP contribution in [0.1, 0.15) is 30.4 Å². The average molecular weight is 260 g/mol. The molecule has 1 fully saturated rings. The molecule has 0 saturated heterocycles. The molecule has 0 unspecified atom stereocenters. The molecule has 0 aliphatic heterocycles. The van der Waals surface area contributed by atoms with E-state index in [-0.39, 0.29) is 0 Å². The highest BCUT2D eigenvalue weighted by atomic mass is 16.4. The van der Waals surface area contributed by atoms with Gasteiger partial charge in [-0.15, -0.1) is 0 Å². The molecule has 0 spiro atoms. The first kappa shape index (κ1) is 13.6. The van der Waals surface area contributed by atoms with Gasteiger partial charge in [0, 0.05) is 25.9 Å². The van der Waals surface area contributed by atoms with Crippen molar-refractivity contribution in [3.05, 3.63) is 29.5 Å². The van der Waals surface area contributed by atoms with Crippen molar-refractivity contribution >= 4 is 17.9 Å². The smallest absolute Gasteiger partial charge is 0.328 e. The molecule has 0 radical (unpaired) electrons. The quantitative estimate of drug-likeness (QED) is 0.827. The molecule has 19 heavy (non-hydrogen) atoms. The second kappa shape index (κ2) is 5.87. The van der Waals surface area contributed by atoms with Gasteiger partial charge < -0.3 is 10.0 Å². The summed E-state index contributed by atoms with van der Waals surface area (Å²) in [6.45, 7) is 3.07. The summed E-state index contributed by atoms with van der Waals surface area (Å²) in [6, 6.07) is 1.97. The van der Waals surface area contributed by atoms with Gasteiger partial charge in [0.15, 0.2) is 0 Å². The van der Waals surface area contributed by atoms with Crippen molar-refractivity contribution in [3.63, 3.8) is 0 Å². The van der Waals surface area contributed by atoms with Crippen molar-refractivity contribution in [2.24, 2.45) is 5.92 Å². The standard InChI is InChI=1S/C15H20N2O2/c1-11-8-13(6-7-14(18)19)9-16-15(11)17(2)10-12-4-3-5-12/h6-9,12H,3-5,10H2,1-2H3,(H,18,19)/b7-6+. The van der Waals surface area contributed by atoms with E-state index < -0.39 is 5.97 Å². The van der Waals surface area contributed by atoms with Crippen molar-refractivity contribution in [1.82, 2.24) is 4.98 Å². The number of aryl methyl sites for hydroxylation is 1. The molecule has 0 aromatic carbocycles. The second-order valence-corrected chi connectivity index (χ2v) is 5.26. The first-order valence-electron chi connectivity index (χ1n) is 6.65. The molecule has 4 heteroatoms. The Morgan fingerprint density at radius 2 is 2.32 bits per heavy atom. The number of carboxylic acids is 1. The molecule has 0 amide bonds. The Morgan fingerprint density at radius 3 is 2.84 bits per heavy atom. The highest BCUT2D eigenvalue weighted by Gasteiger charge is 2.20. The SMILES string of the molecule is Cc1cc(/C=C/C(=O)O)cnc1N(C)CC1CCC1. The largest absolute Gasteiger partial charge is 0.478 e. The Bertz CT molecular complexity index is 493. The van der Waals surface area contributed by atoms with Gasteiger partial charge in [-0.05, 0) is 49.0 Å². The molecule has 0 atom stereocenters. The van der Waals surface area contributed by atoms with Crippen LogP contribution in [0.3, 0.4) is 0 Å². The average Bonchev–Trinajstić information content (AvgIpc) is 2.31. The van der Waals surface area contributed by atoms with E-state index in [9.17, 15) is 4.79 Å². The molecule has 102 valence electrons. The lowest BCUT2D eigenvalue weighted by molar-refractivity contribution is -0.131. The maximum Gasteiger partial charge on any atom is 0.328 e. The summed E-state index contributed by atoms with van der Waals surface area (Å²) in [5, 5.41) is 8.60. The topological polar surface area (TPSA) is 53.4 Å². The Hall–Kier alpha value is -1.84. The summed E-state index contributed by atoms with van der Waals surface area (Å²) in [7, 11) is 2.07. The summed E-state index contributed by atoms with van der Waals surface area (Å²) in [5.41, 5.74) is 1.90. The van der Waals surface area contributed by atoms with Crippen molar-refractivity contribution < 1.29 is 9.90 Å². The van der Waals surface area contributed by atoms with Gasteiger partial charge in [-0.25, -0.2) is 9.78 Å². The third-order valence-corrected chi connectivity index (χ3v) is 3.61. The van der Waals surface area contributed by atoms with Gasteiger partial charge in [0.1, 0.15) is 5.82 Å². The van der Waals surface area contributed by atoms with Gasteiger partial charge in [0.25, 0.3) is 0 Å². The predicted molar refractivity (Wildman–Crippen MR) is 76.3 cm³/mol. The highest BCUT2D eigenvalue weighted by molar-refractivity contribution is 5.85. The number of nitrogens with zero attached hydrogens (tertiary/aromatic N) is 2. The van der Waals surface area contributed by atoms with Crippen LogP contribution < -0.4 is 4.90 Å². The minimum Gasteiger partial charge on any atom is -0.478 e. The zero-order valence-corrected chi connectivity index (χ0v) is 11.5. The van der Waals surface area contributed by atoms with E-state index in [2.05, 4.69) is 16.9 Å². The summed E-state index contributed by atoms with van der Waals surface area (Å²) in [5.74, 6) is 0.848. The number of pyridine rings is 1. The first-order valence-corrected chi connectivity index (χ1v) is 6.65. The molecule has 0 bridgehead atoms. The molecule has 1 aliphatic carbocycles. The Balaban J connectivity index is 2.07. The number of aromatic nitrogens is 1. The van der Waals surface area contributed by atoms with E-state index in [1.165, 1.54) is 19.3 Å². The van der Waals surface area contributed by atoms with Gasteiger partial charge in [-0.1, -0.05) is 6.42 Å². The molecule has 1 heterocycles. The lowest BCUT2D eigenvalue weighted by atomic mass is 9.85. The van der Waals surface area contributed by atoms with E-state index in [1.54, 1.807) is 12.3 Å². The molecule has 2 rings (SSSR count). The van der Waals surface area contributed by atoms with Gasteiger partial charge >= 0.3 is 5.97 Å². The van der Waals surface area contributed by atoms with E-state index in [0.717, 1.165) is 35.5 Å². The zero-order valence-electron chi connectivity index (χ0n) is 11.5. The first-order chi connectivity index (χ1) is 9.06. The normalized spacial score (nSPS) is 15.5. The molecular formula is C15H20N2O2. The maximum atomic E-state index is 10.5. The van der Waals surface area contributed by atoms with Crippen LogP contribution in [0.15, 0.2) is 18.3 Å². The number of hydrogen-bond acceptors (Lipinski definition) is 3. The van der Waals surface area contributed by atoms with Gasteiger partial charge in [0.05, 0.1) is 0 Å². The highest BCUT2D eigenvalue weighted by Crippen LogP contribution is 2.28. The number of carboxylic acid groups (broad SMARTS) is 1. The van der Waals surface area contributed by atoms with Crippen LogP contribution in [-0.2, 0) is 4.79 Å². The third-order valence-electron chi connectivity index (χ3n) is 3.61. The second-order valence-electron chi connectivity index (χ2n) is 5.26. The molecule has 1 N–H and O–H groups in total. The molecular weight excluding hydrogens is 240 g/mol. The maximum absolute atomic E-state index is 10.5. The fourth-order valence-electron chi connectivity index (χ4n) is 2.40. The number of rotatable bonds is 5. The van der Waals surface area contributed by atoms with Crippen molar-refractivity contribution in [1.29, 1.82) is 0 Å². The van der Waals surface area contributed by atoms with Gasteiger partial charge in [-0.3, -0.25) is 0 Å². The van der Waals surface area contributed by atoms with Crippen molar-refractivity contribution in [2.75, 3.05) is 18.5 Å². The fourth-order valence-corrected chi connectivity index (χ4v) is 2.40. The van der Waals surface area contributed by atoms with E-state index >= 15 is 0 Å². The van der Waals surface area contributed by atoms with Crippen LogP contribution in [0.2, 0.25) is 0 Å². The minimum absolute atomic E-state index is 0.804. The van der Waals surface area contributed by atoms with E-state index in [1.807, 2.05) is 13.0 Å². The van der Waals surface area contributed by atoms with E-state index in [4.69, 9.17) is 5.11 Å². The zero-order chi connectivity index (χ0) is 13.8. The number of hydrogen-bond donors (Lipinski definition) is 1. The number of carbonyl (C=O) groups is 1. The van der Waals surface area contributed by atoms with Crippen LogP contribution in [0.5, 0.6) is 0 Å². The predicted octanol–water partition coefficient (Wildman–Crippen LogP) is 2.72. The summed E-state index contributed by atoms with van der Waals surface area (Å²) >= 11 is 0. The number of aliphatic carboxylic acids is 1. The minimum atomic E-state index is -0.941. The van der Waals surface area contributed by atoms with Crippen LogP contribution in [0.4, 0.5) is 5.82 Å². The van der Waals surface area contributed by atoms with Gasteiger partial charge in [0.2, 0.25) is 0 Å². The fraction of sp³-hybridized carbons (Fsp3) is 0.467. The third kappa shape index (κ3) is 3.56. The Morgan fingerprint density at radius 1 is 1.58 bits per heavy atom. The molecule has 1 saturated carbocycles. The van der Waals surface area contributed by atoms with Crippen molar-refractivity contribution in [2.45, 2.75) is 26.2 Å². The molecule has 1 aromatic rings. The summed E-state index contributed by atoms with van der Waals surface area (Å²) in [4.78, 5) is 17.1. The Labute approximate surface area is 113 Å².